The van der Waals surface area contributed by atoms with Crippen LogP contribution in [-0.2, 0) is 28.0 Å². The van der Waals surface area contributed by atoms with E-state index in [1.54, 1.807) is 4.88 Å². The van der Waals surface area contributed by atoms with Crippen molar-refractivity contribution in [3.8, 4) is 0 Å². The van der Waals surface area contributed by atoms with E-state index >= 15 is 0 Å². The highest BCUT2D eigenvalue weighted by molar-refractivity contribution is 8.13. The SMILES string of the molecule is CCc1cc2c(s1)CCOC21CCN(CC2CN(C=O)C2)CC1.O=C1NCCS1. The van der Waals surface area contributed by atoms with Crippen LogP contribution in [0.1, 0.15) is 35.1 Å². The fraction of sp³-hybridized carbons (Fsp3) is 0.714. The first-order valence-corrected chi connectivity index (χ1v) is 12.5. The van der Waals surface area contributed by atoms with Gasteiger partial charge >= 0.3 is 0 Å². The lowest BCUT2D eigenvalue weighted by molar-refractivity contribution is -0.125. The van der Waals surface area contributed by atoms with Gasteiger partial charge in [0.05, 0.1) is 12.2 Å². The Morgan fingerprint density at radius 3 is 2.72 bits per heavy atom. The molecule has 0 atom stereocenters. The number of amides is 2. The molecule has 1 aromatic rings. The molecule has 3 fully saturated rings. The molecule has 6 nitrogen and oxygen atoms in total. The maximum absolute atomic E-state index is 10.7. The molecule has 0 bridgehead atoms. The molecule has 160 valence electrons. The molecule has 0 aromatic carbocycles. The van der Waals surface area contributed by atoms with Gasteiger partial charge in [-0.25, -0.2) is 0 Å². The Morgan fingerprint density at radius 2 is 2.14 bits per heavy atom. The lowest BCUT2D eigenvalue weighted by Gasteiger charge is -2.46. The third-order valence-corrected chi connectivity index (χ3v) is 8.48. The zero-order valence-electron chi connectivity index (χ0n) is 17.2. The highest BCUT2D eigenvalue weighted by Crippen LogP contribution is 2.44. The first-order valence-electron chi connectivity index (χ1n) is 10.7. The van der Waals surface area contributed by atoms with Gasteiger partial charge in [0.2, 0.25) is 6.41 Å². The number of piperidine rings is 1. The molecule has 1 spiro atoms. The van der Waals surface area contributed by atoms with Crippen LogP contribution in [0.2, 0.25) is 0 Å². The number of carbonyl (C=O) groups excluding carboxylic acids is 2. The van der Waals surface area contributed by atoms with Crippen molar-refractivity contribution in [3.63, 3.8) is 0 Å². The molecule has 0 aliphatic carbocycles. The number of ether oxygens (including phenoxy) is 1. The Morgan fingerprint density at radius 1 is 1.34 bits per heavy atom. The summed E-state index contributed by atoms with van der Waals surface area (Å²) in [6.45, 7) is 9.23. The molecule has 5 rings (SSSR count). The molecule has 0 radical (unpaired) electrons. The van der Waals surface area contributed by atoms with E-state index < -0.39 is 0 Å². The van der Waals surface area contributed by atoms with E-state index in [2.05, 4.69) is 23.2 Å². The second-order valence-corrected chi connectivity index (χ2v) is 10.6. The van der Waals surface area contributed by atoms with Crippen molar-refractivity contribution in [1.29, 1.82) is 0 Å². The number of aryl methyl sites for hydroxylation is 1. The van der Waals surface area contributed by atoms with Gasteiger partial charge in [0.25, 0.3) is 5.24 Å². The van der Waals surface area contributed by atoms with Gasteiger partial charge in [0, 0.05) is 67.1 Å². The maximum atomic E-state index is 10.7. The lowest BCUT2D eigenvalue weighted by atomic mass is 9.82. The summed E-state index contributed by atoms with van der Waals surface area (Å²) in [6.07, 6.45) is 5.43. The van der Waals surface area contributed by atoms with E-state index in [1.165, 1.54) is 22.2 Å². The van der Waals surface area contributed by atoms with E-state index in [-0.39, 0.29) is 10.8 Å². The number of carbonyl (C=O) groups is 2. The Kier molecular flexibility index (Phi) is 6.83. The van der Waals surface area contributed by atoms with Gasteiger partial charge in [-0.1, -0.05) is 18.7 Å². The van der Waals surface area contributed by atoms with Crippen LogP contribution in [0.15, 0.2) is 6.07 Å². The first kappa shape index (κ1) is 21.2. The van der Waals surface area contributed by atoms with Crippen LogP contribution in [0.25, 0.3) is 0 Å². The van der Waals surface area contributed by atoms with Crippen LogP contribution < -0.4 is 5.32 Å². The molecule has 1 N–H and O–H groups in total. The number of rotatable bonds is 4. The molecule has 29 heavy (non-hydrogen) atoms. The molecule has 1 aromatic heterocycles. The molecule has 8 heteroatoms. The number of hydrogen-bond acceptors (Lipinski definition) is 6. The fourth-order valence-corrected chi connectivity index (χ4v) is 6.45. The summed E-state index contributed by atoms with van der Waals surface area (Å²) in [5, 5.41) is 2.76. The van der Waals surface area contributed by atoms with Crippen molar-refractivity contribution < 1.29 is 14.3 Å². The first-order chi connectivity index (χ1) is 14.1. The number of fused-ring (bicyclic) bond motifs is 2. The smallest absolute Gasteiger partial charge is 0.279 e. The van der Waals surface area contributed by atoms with Gasteiger partial charge in [-0.15, -0.1) is 11.3 Å². The number of hydrogen-bond donors (Lipinski definition) is 1. The average Bonchev–Trinajstić information content (AvgIpc) is 3.36. The van der Waals surface area contributed by atoms with E-state index in [9.17, 15) is 9.59 Å². The van der Waals surface area contributed by atoms with Gasteiger partial charge < -0.3 is 19.9 Å². The minimum Gasteiger partial charge on any atom is -0.370 e. The van der Waals surface area contributed by atoms with Gasteiger partial charge in [0.1, 0.15) is 0 Å². The third-order valence-electron chi connectivity index (χ3n) is 6.33. The molecule has 0 unspecified atom stereocenters. The monoisotopic (exact) mass is 437 g/mol. The van der Waals surface area contributed by atoms with Crippen molar-refractivity contribution in [2.24, 2.45) is 5.92 Å². The standard InChI is InChI=1S/C18H26N2O2S.C3H5NOS/c1-2-15-9-16-17(23-15)3-8-22-18(16)4-6-19(7-5-18)10-14-11-20(12-14)13-21;5-3-4-1-2-6-3/h9,13-14H,2-8,10-12H2,1H3;1-2H2,(H,4,5). The predicted octanol–water partition coefficient (Wildman–Crippen LogP) is 2.71. The molecular formula is C21H31N3O3S2. The predicted molar refractivity (Wildman–Crippen MR) is 118 cm³/mol. The van der Waals surface area contributed by atoms with Crippen molar-refractivity contribution in [2.75, 3.05) is 51.6 Å². The van der Waals surface area contributed by atoms with Crippen LogP contribution >= 0.6 is 23.1 Å². The summed E-state index contributed by atoms with van der Waals surface area (Å²) in [7, 11) is 0. The third kappa shape index (κ3) is 4.81. The minimum atomic E-state index is -0.0115. The zero-order valence-corrected chi connectivity index (χ0v) is 18.8. The summed E-state index contributed by atoms with van der Waals surface area (Å²) in [6, 6.07) is 2.42. The molecule has 4 aliphatic rings. The van der Waals surface area contributed by atoms with Crippen molar-refractivity contribution in [1.82, 2.24) is 15.1 Å². The summed E-state index contributed by atoms with van der Waals surface area (Å²) in [4.78, 5) is 28.3. The largest absolute Gasteiger partial charge is 0.370 e. The molecule has 2 amide bonds. The Labute approximate surface area is 181 Å². The van der Waals surface area contributed by atoms with Crippen LogP contribution in [-0.4, -0.2) is 73.1 Å². The van der Waals surface area contributed by atoms with Gasteiger partial charge in [0.15, 0.2) is 0 Å². The molecule has 4 aliphatic heterocycles. The Bertz CT molecular complexity index is 717. The maximum Gasteiger partial charge on any atom is 0.279 e. The van der Waals surface area contributed by atoms with Crippen molar-refractivity contribution in [2.45, 2.75) is 38.2 Å². The topological polar surface area (TPSA) is 61.9 Å². The van der Waals surface area contributed by atoms with Crippen LogP contribution in [0.3, 0.4) is 0 Å². The number of thioether (sulfide) groups is 1. The van der Waals surface area contributed by atoms with Crippen LogP contribution in [0.5, 0.6) is 0 Å². The molecular weight excluding hydrogens is 406 g/mol. The number of thiophene rings is 1. The average molecular weight is 438 g/mol. The number of nitrogens with zero attached hydrogens (tertiary/aromatic N) is 2. The van der Waals surface area contributed by atoms with Crippen molar-refractivity contribution in [3.05, 3.63) is 21.4 Å². The van der Waals surface area contributed by atoms with E-state index in [0.29, 0.717) is 5.92 Å². The normalized spacial score (nSPS) is 23.8. The zero-order chi connectivity index (χ0) is 20.3. The van der Waals surface area contributed by atoms with Crippen LogP contribution in [0, 0.1) is 5.92 Å². The number of likely N-dealkylation sites (tertiary alicyclic amines) is 2. The molecule has 3 saturated heterocycles. The van der Waals surface area contributed by atoms with Crippen molar-refractivity contribution >= 4 is 34.7 Å². The number of nitrogens with one attached hydrogen (secondary N) is 1. The highest BCUT2D eigenvalue weighted by Gasteiger charge is 2.42. The van der Waals surface area contributed by atoms with E-state index in [4.69, 9.17) is 4.74 Å². The van der Waals surface area contributed by atoms with E-state index in [1.807, 2.05) is 16.2 Å². The lowest BCUT2D eigenvalue weighted by Crippen LogP contribution is -2.53. The van der Waals surface area contributed by atoms with Gasteiger partial charge in [-0.3, -0.25) is 9.59 Å². The van der Waals surface area contributed by atoms with Crippen LogP contribution in [0.4, 0.5) is 4.79 Å². The summed E-state index contributed by atoms with van der Waals surface area (Å²) in [5.74, 6) is 1.61. The minimum absolute atomic E-state index is 0.0115. The second-order valence-electron chi connectivity index (χ2n) is 8.28. The van der Waals surface area contributed by atoms with Gasteiger partial charge in [-0.05, 0) is 30.9 Å². The summed E-state index contributed by atoms with van der Waals surface area (Å²) in [5.41, 5.74) is 1.49. The quantitative estimate of drug-likeness (QED) is 0.734. The molecule has 0 saturated carbocycles. The van der Waals surface area contributed by atoms with E-state index in [0.717, 1.165) is 83.7 Å². The van der Waals surface area contributed by atoms with Gasteiger partial charge in [-0.2, -0.15) is 0 Å². The molecule has 5 heterocycles. The highest BCUT2D eigenvalue weighted by atomic mass is 32.2. The second kappa shape index (κ2) is 9.37. The summed E-state index contributed by atoms with van der Waals surface area (Å²) < 4.78 is 6.34. The fourth-order valence-electron chi connectivity index (χ4n) is 4.68. The Hall–Kier alpha value is -1.09. The summed E-state index contributed by atoms with van der Waals surface area (Å²) >= 11 is 3.34. The Balaban J connectivity index is 0.000000294.